The van der Waals surface area contributed by atoms with Crippen LogP contribution in [0.4, 0.5) is 5.95 Å². The first-order chi connectivity index (χ1) is 5.09. The zero-order valence-corrected chi connectivity index (χ0v) is 6.76. The Morgan fingerprint density at radius 2 is 2.27 bits per heavy atom. The predicted molar refractivity (Wildman–Crippen MR) is 41.9 cm³/mol. The number of nitrogens with two attached hydrogens (primary N) is 1. The summed E-state index contributed by atoms with van der Waals surface area (Å²) in [5.74, 6) is 1.80. The highest BCUT2D eigenvalue weighted by atomic mass is 15.3. The first-order valence-corrected chi connectivity index (χ1v) is 3.77. The number of hydrogen-bond acceptors (Lipinski definition) is 3. The molecular formula is C7H12N4. The van der Waals surface area contributed by atoms with Gasteiger partial charge < -0.3 is 5.73 Å². The molecule has 0 spiro atoms. The van der Waals surface area contributed by atoms with Gasteiger partial charge in [0, 0.05) is 5.92 Å². The number of rotatable bonds is 1. The number of nitrogen functional groups attached to an aromatic ring is 1. The summed E-state index contributed by atoms with van der Waals surface area (Å²) in [6.07, 6.45) is 1.17. The fourth-order valence-corrected chi connectivity index (χ4v) is 1.35. The minimum Gasteiger partial charge on any atom is -0.368 e. The third-order valence-corrected chi connectivity index (χ3v) is 2.35. The van der Waals surface area contributed by atoms with Gasteiger partial charge in [0.1, 0.15) is 0 Å². The van der Waals surface area contributed by atoms with Crippen molar-refractivity contribution in [3.63, 3.8) is 0 Å². The summed E-state index contributed by atoms with van der Waals surface area (Å²) in [5, 5.41) is 6.66. The molecule has 1 heterocycles. The van der Waals surface area contributed by atoms with Gasteiger partial charge in [0.2, 0.25) is 5.95 Å². The fourth-order valence-electron chi connectivity index (χ4n) is 1.35. The van der Waals surface area contributed by atoms with Crippen molar-refractivity contribution < 1.29 is 0 Å². The van der Waals surface area contributed by atoms with Gasteiger partial charge in [-0.05, 0) is 11.8 Å². The normalized spacial score (nSPS) is 26.9. The van der Waals surface area contributed by atoms with Crippen molar-refractivity contribution in [3.8, 4) is 0 Å². The molecule has 3 N–H and O–H groups in total. The SMILES string of the molecule is CC1(C)CC1c1n[nH]c(N)n1. The summed E-state index contributed by atoms with van der Waals surface area (Å²) >= 11 is 0. The van der Waals surface area contributed by atoms with Gasteiger partial charge in [-0.15, -0.1) is 0 Å². The molecule has 0 radical (unpaired) electrons. The summed E-state index contributed by atoms with van der Waals surface area (Å²) in [7, 11) is 0. The summed E-state index contributed by atoms with van der Waals surface area (Å²) in [5.41, 5.74) is 5.79. The van der Waals surface area contributed by atoms with Crippen LogP contribution in [0, 0.1) is 5.41 Å². The van der Waals surface area contributed by atoms with Crippen LogP contribution in [-0.2, 0) is 0 Å². The molecule has 1 aromatic heterocycles. The summed E-state index contributed by atoms with van der Waals surface area (Å²) < 4.78 is 0. The quantitative estimate of drug-likeness (QED) is 0.628. The molecule has 60 valence electrons. The second-order valence-corrected chi connectivity index (χ2v) is 3.82. The second kappa shape index (κ2) is 1.75. The Hall–Kier alpha value is -1.06. The van der Waals surface area contributed by atoms with Crippen molar-refractivity contribution in [2.75, 3.05) is 5.73 Å². The second-order valence-electron chi connectivity index (χ2n) is 3.82. The zero-order chi connectivity index (χ0) is 8.06. The van der Waals surface area contributed by atoms with Crippen molar-refractivity contribution in [3.05, 3.63) is 5.82 Å². The van der Waals surface area contributed by atoms with Crippen molar-refractivity contribution in [1.82, 2.24) is 15.2 Å². The van der Waals surface area contributed by atoms with E-state index in [4.69, 9.17) is 5.73 Å². The number of aromatic amines is 1. The van der Waals surface area contributed by atoms with E-state index >= 15 is 0 Å². The molecule has 0 bridgehead atoms. The van der Waals surface area contributed by atoms with E-state index < -0.39 is 0 Å². The fraction of sp³-hybridized carbons (Fsp3) is 0.714. The van der Waals surface area contributed by atoms with Crippen LogP contribution in [-0.4, -0.2) is 15.2 Å². The topological polar surface area (TPSA) is 67.6 Å². The molecule has 0 amide bonds. The monoisotopic (exact) mass is 152 g/mol. The van der Waals surface area contributed by atoms with Crippen LogP contribution < -0.4 is 5.73 Å². The lowest BCUT2D eigenvalue weighted by molar-refractivity contribution is 0.609. The molecule has 1 atom stereocenters. The van der Waals surface area contributed by atoms with Crippen LogP contribution in [0.25, 0.3) is 0 Å². The third-order valence-electron chi connectivity index (χ3n) is 2.35. The molecule has 1 aliphatic carbocycles. The van der Waals surface area contributed by atoms with Crippen molar-refractivity contribution in [2.24, 2.45) is 5.41 Å². The van der Waals surface area contributed by atoms with Gasteiger partial charge in [-0.1, -0.05) is 13.8 Å². The van der Waals surface area contributed by atoms with Crippen LogP contribution in [0.3, 0.4) is 0 Å². The molecule has 11 heavy (non-hydrogen) atoms. The highest BCUT2D eigenvalue weighted by Crippen LogP contribution is 2.57. The maximum atomic E-state index is 5.40. The molecule has 1 fully saturated rings. The van der Waals surface area contributed by atoms with Crippen LogP contribution >= 0.6 is 0 Å². The third kappa shape index (κ3) is 0.982. The minimum absolute atomic E-state index is 0.384. The number of H-pyrrole nitrogens is 1. The Morgan fingerprint density at radius 1 is 1.64 bits per heavy atom. The lowest BCUT2D eigenvalue weighted by Gasteiger charge is -1.95. The van der Waals surface area contributed by atoms with Crippen LogP contribution in [0.15, 0.2) is 0 Å². The van der Waals surface area contributed by atoms with Crippen molar-refractivity contribution in [1.29, 1.82) is 0 Å². The Kier molecular flexibility index (Phi) is 1.06. The van der Waals surface area contributed by atoms with Gasteiger partial charge in [-0.3, -0.25) is 0 Å². The average molecular weight is 152 g/mol. The molecule has 1 unspecified atom stereocenters. The van der Waals surface area contributed by atoms with Gasteiger partial charge in [-0.25, -0.2) is 5.10 Å². The maximum absolute atomic E-state index is 5.40. The van der Waals surface area contributed by atoms with Gasteiger partial charge in [-0.2, -0.15) is 10.1 Å². The summed E-state index contributed by atoms with van der Waals surface area (Å²) in [4.78, 5) is 4.08. The largest absolute Gasteiger partial charge is 0.368 e. The van der Waals surface area contributed by atoms with Gasteiger partial charge in [0.25, 0.3) is 0 Å². The Morgan fingerprint density at radius 3 is 2.64 bits per heavy atom. The first kappa shape index (κ1) is 6.64. The van der Waals surface area contributed by atoms with E-state index in [2.05, 4.69) is 29.0 Å². The molecular weight excluding hydrogens is 140 g/mol. The minimum atomic E-state index is 0.384. The van der Waals surface area contributed by atoms with E-state index in [0.29, 0.717) is 17.3 Å². The van der Waals surface area contributed by atoms with Crippen LogP contribution in [0.5, 0.6) is 0 Å². The molecule has 1 aliphatic rings. The van der Waals surface area contributed by atoms with E-state index in [1.807, 2.05) is 0 Å². The lowest BCUT2D eigenvalue weighted by Crippen LogP contribution is -1.92. The van der Waals surface area contributed by atoms with Crippen molar-refractivity contribution >= 4 is 5.95 Å². The van der Waals surface area contributed by atoms with Gasteiger partial charge >= 0.3 is 0 Å². The molecule has 0 aromatic carbocycles. The number of nitrogens with zero attached hydrogens (tertiary/aromatic N) is 2. The summed E-state index contributed by atoms with van der Waals surface area (Å²) in [6.45, 7) is 4.43. The van der Waals surface area contributed by atoms with Crippen molar-refractivity contribution in [2.45, 2.75) is 26.2 Å². The van der Waals surface area contributed by atoms with Gasteiger partial charge in [0.05, 0.1) is 0 Å². The van der Waals surface area contributed by atoms with E-state index in [1.165, 1.54) is 6.42 Å². The standard InChI is InChI=1S/C7H12N4/c1-7(2)3-4(7)5-9-6(8)11-10-5/h4H,3H2,1-2H3,(H3,8,9,10,11). The van der Waals surface area contributed by atoms with E-state index in [9.17, 15) is 0 Å². The van der Waals surface area contributed by atoms with E-state index in [1.54, 1.807) is 0 Å². The molecule has 1 aromatic rings. The molecule has 4 nitrogen and oxygen atoms in total. The van der Waals surface area contributed by atoms with E-state index in [0.717, 1.165) is 5.82 Å². The highest BCUT2D eigenvalue weighted by Gasteiger charge is 2.49. The predicted octanol–water partition coefficient (Wildman–Crippen LogP) is 0.900. The maximum Gasteiger partial charge on any atom is 0.216 e. The number of hydrogen-bond donors (Lipinski definition) is 2. The highest BCUT2D eigenvalue weighted by molar-refractivity contribution is 5.21. The summed E-state index contributed by atoms with van der Waals surface area (Å²) in [6, 6.07) is 0. The first-order valence-electron chi connectivity index (χ1n) is 3.77. The molecule has 0 saturated heterocycles. The van der Waals surface area contributed by atoms with Gasteiger partial charge in [0.15, 0.2) is 5.82 Å². The molecule has 1 saturated carbocycles. The molecule has 2 rings (SSSR count). The molecule has 0 aliphatic heterocycles. The smallest absolute Gasteiger partial charge is 0.216 e. The number of aromatic nitrogens is 3. The molecule has 4 heteroatoms. The Bertz CT molecular complexity index is 276. The van der Waals surface area contributed by atoms with Crippen LogP contribution in [0.2, 0.25) is 0 Å². The number of nitrogens with one attached hydrogen (secondary N) is 1. The van der Waals surface area contributed by atoms with Crippen LogP contribution in [0.1, 0.15) is 32.0 Å². The Balaban J connectivity index is 2.20. The number of anilines is 1. The Labute approximate surface area is 65.2 Å². The van der Waals surface area contributed by atoms with E-state index in [-0.39, 0.29) is 0 Å². The lowest BCUT2D eigenvalue weighted by atomic mass is 10.1. The average Bonchev–Trinajstić information content (AvgIpc) is 2.39. The zero-order valence-electron chi connectivity index (χ0n) is 6.76.